The molecule has 0 aliphatic carbocycles. The Kier molecular flexibility index (Phi) is 17.4. The van der Waals surface area contributed by atoms with E-state index in [0.29, 0.717) is 11.1 Å². The molecule has 0 nitrogen and oxygen atoms in total. The van der Waals surface area contributed by atoms with E-state index in [2.05, 4.69) is 0 Å². The summed E-state index contributed by atoms with van der Waals surface area (Å²) in [6.45, 7) is 15.0. The Hall–Kier alpha value is -2.76. The summed E-state index contributed by atoms with van der Waals surface area (Å²) >= 11 is 0. The highest BCUT2D eigenvalue weighted by atomic mass is 19.2. The van der Waals surface area contributed by atoms with Crippen LogP contribution in [0, 0.1) is 48.8 Å². The van der Waals surface area contributed by atoms with E-state index in [-0.39, 0.29) is 5.92 Å². The van der Waals surface area contributed by atoms with Crippen molar-refractivity contribution < 1.29 is 26.3 Å². The van der Waals surface area contributed by atoms with Crippen LogP contribution in [-0.4, -0.2) is 0 Å². The van der Waals surface area contributed by atoms with Gasteiger partial charge in [-0.2, -0.15) is 0 Å². The minimum atomic E-state index is -0.791. The average molecular weight is 473 g/mol. The van der Waals surface area contributed by atoms with Crippen molar-refractivity contribution >= 4 is 0 Å². The summed E-state index contributed by atoms with van der Waals surface area (Å²) in [5, 5.41) is 0. The standard InChI is InChI=1S/C9H10F2.2C7H6F2.2C2H6/c1-6(2)7-4-3-5-8(10)9(7)11;1-5-2-6(8)4-7(9)3-5;1-5-2-3-6(8)7(9)4-5;2*1-2/h3-6H,1-2H3;2*2-4H,1H3;2*1-2H3. The second-order valence-corrected chi connectivity index (χ2v) is 6.66. The van der Waals surface area contributed by atoms with E-state index in [4.69, 9.17) is 0 Å². The maximum atomic E-state index is 12.9. The third-order valence-corrected chi connectivity index (χ3v) is 3.69. The van der Waals surface area contributed by atoms with Crippen LogP contribution in [0.15, 0.2) is 54.6 Å². The van der Waals surface area contributed by atoms with Gasteiger partial charge in [-0.1, -0.05) is 59.7 Å². The highest BCUT2D eigenvalue weighted by Crippen LogP contribution is 2.19. The molecule has 0 aliphatic heterocycles. The van der Waals surface area contributed by atoms with Crippen molar-refractivity contribution in [2.75, 3.05) is 0 Å². The Bertz CT molecular complexity index is 885. The van der Waals surface area contributed by atoms with E-state index in [0.717, 1.165) is 29.8 Å². The van der Waals surface area contributed by atoms with Crippen LogP contribution in [0.3, 0.4) is 0 Å². The summed E-state index contributed by atoms with van der Waals surface area (Å²) in [5.41, 5.74) is 1.77. The molecule has 3 aromatic rings. The SMILES string of the molecule is CC.CC.CC(C)c1cccc(F)c1F.Cc1cc(F)cc(F)c1.Cc1ccc(F)c(F)c1. The van der Waals surface area contributed by atoms with Gasteiger partial charge in [-0.15, -0.1) is 0 Å². The fourth-order valence-electron chi connectivity index (χ4n) is 2.26. The highest BCUT2D eigenvalue weighted by Gasteiger charge is 2.09. The largest absolute Gasteiger partial charge is 0.207 e. The maximum absolute atomic E-state index is 12.9. The fraction of sp³-hybridized carbons (Fsp3) is 0.333. The monoisotopic (exact) mass is 472 g/mol. The first-order valence-corrected chi connectivity index (χ1v) is 10.8. The molecule has 0 aromatic heterocycles. The van der Waals surface area contributed by atoms with Crippen molar-refractivity contribution in [2.45, 2.75) is 61.3 Å². The molecule has 0 bridgehead atoms. The minimum absolute atomic E-state index is 0.0331. The molecule has 33 heavy (non-hydrogen) atoms. The molecule has 0 saturated heterocycles. The first-order valence-electron chi connectivity index (χ1n) is 10.8. The first-order chi connectivity index (χ1) is 15.5. The predicted molar refractivity (Wildman–Crippen MR) is 125 cm³/mol. The summed E-state index contributed by atoms with van der Waals surface area (Å²) < 4.78 is 74.1. The molecule has 0 unspecified atom stereocenters. The van der Waals surface area contributed by atoms with Crippen molar-refractivity contribution in [3.05, 3.63) is 106 Å². The van der Waals surface area contributed by atoms with Crippen LogP contribution in [0.1, 0.15) is 64.2 Å². The van der Waals surface area contributed by atoms with Gasteiger partial charge in [0.15, 0.2) is 23.3 Å². The lowest BCUT2D eigenvalue weighted by Crippen LogP contribution is -1.95. The zero-order valence-electron chi connectivity index (χ0n) is 20.5. The maximum Gasteiger partial charge on any atom is 0.162 e. The number of hydrogen-bond donors (Lipinski definition) is 0. The molecule has 0 heterocycles. The predicted octanol–water partition coefficient (Wildman–Crippen LogP) is 9.69. The summed E-state index contributed by atoms with van der Waals surface area (Å²) in [4.78, 5) is 0. The van der Waals surface area contributed by atoms with Gasteiger partial charge in [0.25, 0.3) is 0 Å². The quantitative estimate of drug-likeness (QED) is 0.309. The van der Waals surface area contributed by atoms with E-state index in [9.17, 15) is 26.3 Å². The van der Waals surface area contributed by atoms with Crippen LogP contribution in [0.4, 0.5) is 26.3 Å². The molecule has 0 aliphatic rings. The third-order valence-electron chi connectivity index (χ3n) is 3.69. The molecule has 3 rings (SSSR count). The van der Waals surface area contributed by atoms with E-state index < -0.39 is 34.9 Å². The molecule has 0 amide bonds. The van der Waals surface area contributed by atoms with Crippen LogP contribution in [0.5, 0.6) is 0 Å². The molecule has 0 spiro atoms. The molecule has 0 N–H and O–H groups in total. The first kappa shape index (κ1) is 32.4. The van der Waals surface area contributed by atoms with Gasteiger partial charge in [0.05, 0.1) is 0 Å². The van der Waals surface area contributed by atoms with E-state index in [1.165, 1.54) is 24.3 Å². The Labute approximate surface area is 194 Å². The summed E-state index contributed by atoms with van der Waals surface area (Å²) in [6, 6.07) is 11.5. The number of rotatable bonds is 1. The molecule has 0 radical (unpaired) electrons. The Balaban J connectivity index is 0. The molecule has 0 saturated carbocycles. The lowest BCUT2D eigenvalue weighted by atomic mass is 10.0. The van der Waals surface area contributed by atoms with Gasteiger partial charge in [0.1, 0.15) is 11.6 Å². The molecular formula is C27H34F6. The van der Waals surface area contributed by atoms with Crippen molar-refractivity contribution in [2.24, 2.45) is 0 Å². The van der Waals surface area contributed by atoms with Crippen molar-refractivity contribution in [1.82, 2.24) is 0 Å². The van der Waals surface area contributed by atoms with Gasteiger partial charge in [-0.25, -0.2) is 26.3 Å². The number of halogens is 6. The van der Waals surface area contributed by atoms with E-state index in [1.807, 2.05) is 41.5 Å². The zero-order valence-corrected chi connectivity index (χ0v) is 20.5. The summed E-state index contributed by atoms with van der Waals surface area (Å²) in [7, 11) is 0. The van der Waals surface area contributed by atoms with E-state index in [1.54, 1.807) is 19.9 Å². The molecule has 0 atom stereocenters. The molecule has 6 heteroatoms. The zero-order chi connectivity index (χ0) is 26.1. The van der Waals surface area contributed by atoms with Gasteiger partial charge < -0.3 is 0 Å². The van der Waals surface area contributed by atoms with Crippen molar-refractivity contribution in [3.8, 4) is 0 Å². The highest BCUT2D eigenvalue weighted by molar-refractivity contribution is 5.21. The van der Waals surface area contributed by atoms with Crippen LogP contribution in [0.2, 0.25) is 0 Å². The topological polar surface area (TPSA) is 0 Å². The van der Waals surface area contributed by atoms with Gasteiger partial charge in [0, 0.05) is 6.07 Å². The summed E-state index contributed by atoms with van der Waals surface area (Å²) in [5.74, 6) is -4.07. The molecule has 0 fully saturated rings. The fourth-order valence-corrected chi connectivity index (χ4v) is 2.26. The Morgan fingerprint density at radius 3 is 1.42 bits per heavy atom. The van der Waals surface area contributed by atoms with Crippen molar-refractivity contribution in [3.63, 3.8) is 0 Å². The number of aryl methyl sites for hydroxylation is 2. The van der Waals surface area contributed by atoms with Gasteiger partial charge in [-0.05, 0) is 66.8 Å². The Morgan fingerprint density at radius 1 is 0.545 bits per heavy atom. The van der Waals surface area contributed by atoms with Crippen LogP contribution >= 0.6 is 0 Å². The molecular weight excluding hydrogens is 438 g/mol. The lowest BCUT2D eigenvalue weighted by Gasteiger charge is -2.05. The van der Waals surface area contributed by atoms with Crippen molar-refractivity contribution in [1.29, 1.82) is 0 Å². The normalized spacial score (nSPS) is 9.18. The summed E-state index contributed by atoms with van der Waals surface area (Å²) in [6.07, 6.45) is 0. The van der Waals surface area contributed by atoms with Crippen LogP contribution in [0.25, 0.3) is 0 Å². The van der Waals surface area contributed by atoms with Crippen LogP contribution < -0.4 is 0 Å². The lowest BCUT2D eigenvalue weighted by molar-refractivity contribution is 0.494. The molecule has 3 aromatic carbocycles. The average Bonchev–Trinajstić information content (AvgIpc) is 2.75. The third kappa shape index (κ3) is 13.4. The number of hydrogen-bond acceptors (Lipinski definition) is 0. The Morgan fingerprint density at radius 2 is 1.06 bits per heavy atom. The second kappa shape index (κ2) is 17.8. The minimum Gasteiger partial charge on any atom is -0.207 e. The van der Waals surface area contributed by atoms with Gasteiger partial charge >= 0.3 is 0 Å². The number of benzene rings is 3. The smallest absolute Gasteiger partial charge is 0.162 e. The van der Waals surface area contributed by atoms with E-state index >= 15 is 0 Å². The van der Waals surface area contributed by atoms with Crippen LogP contribution in [-0.2, 0) is 0 Å². The van der Waals surface area contributed by atoms with Gasteiger partial charge in [0.2, 0.25) is 0 Å². The molecule has 184 valence electrons. The second-order valence-electron chi connectivity index (χ2n) is 6.66. The van der Waals surface area contributed by atoms with Gasteiger partial charge in [-0.3, -0.25) is 0 Å².